The van der Waals surface area contributed by atoms with Crippen LogP contribution in [0.1, 0.15) is 50.4 Å². The molecular weight excluding hydrogens is 304 g/mol. The zero-order chi connectivity index (χ0) is 16.5. The Labute approximate surface area is 140 Å². The normalized spacial score (nSPS) is 21.5. The number of rotatable bonds is 2. The van der Waals surface area contributed by atoms with Gasteiger partial charge in [-0.25, -0.2) is 9.78 Å². The number of hydrogen-bond donors (Lipinski definition) is 2. The molecule has 1 aliphatic heterocycles. The maximum Gasteiger partial charge on any atom is 0.318 e. The summed E-state index contributed by atoms with van der Waals surface area (Å²) >= 11 is 0. The summed E-state index contributed by atoms with van der Waals surface area (Å²) in [6.07, 6.45) is 6.27. The van der Waals surface area contributed by atoms with E-state index in [-0.39, 0.29) is 17.6 Å². The summed E-state index contributed by atoms with van der Waals surface area (Å²) in [5.41, 5.74) is 0.540. The molecular formula is C18H22N4O2. The van der Waals surface area contributed by atoms with E-state index in [0.717, 1.165) is 25.7 Å². The summed E-state index contributed by atoms with van der Waals surface area (Å²) in [7, 11) is 0. The highest BCUT2D eigenvalue weighted by atomic mass is 16.2. The van der Waals surface area contributed by atoms with Crippen LogP contribution >= 0.6 is 0 Å². The van der Waals surface area contributed by atoms with Gasteiger partial charge in [0.1, 0.15) is 5.82 Å². The molecule has 0 spiro atoms. The first kappa shape index (κ1) is 15.2. The van der Waals surface area contributed by atoms with Crippen molar-refractivity contribution in [3.05, 3.63) is 40.4 Å². The minimum atomic E-state index is -0.149. The Bertz CT molecular complexity index is 810. The van der Waals surface area contributed by atoms with E-state index in [9.17, 15) is 9.59 Å². The molecule has 1 aliphatic carbocycles. The number of aromatic amines is 1. The van der Waals surface area contributed by atoms with Gasteiger partial charge in [-0.15, -0.1) is 0 Å². The van der Waals surface area contributed by atoms with Crippen molar-refractivity contribution in [2.24, 2.45) is 0 Å². The quantitative estimate of drug-likeness (QED) is 0.890. The highest BCUT2D eigenvalue weighted by molar-refractivity contribution is 5.78. The van der Waals surface area contributed by atoms with Gasteiger partial charge in [0.05, 0.1) is 16.9 Å². The first-order valence-electron chi connectivity index (χ1n) is 8.78. The molecule has 1 atom stereocenters. The molecule has 1 aromatic carbocycles. The molecule has 1 saturated carbocycles. The van der Waals surface area contributed by atoms with Gasteiger partial charge in [0.25, 0.3) is 5.56 Å². The largest absolute Gasteiger partial charge is 0.335 e. The van der Waals surface area contributed by atoms with Gasteiger partial charge in [-0.05, 0) is 37.8 Å². The van der Waals surface area contributed by atoms with E-state index < -0.39 is 0 Å². The number of para-hydroxylation sites is 1. The van der Waals surface area contributed by atoms with Crippen LogP contribution in [-0.4, -0.2) is 33.5 Å². The molecule has 2 amide bonds. The molecule has 6 nitrogen and oxygen atoms in total. The fourth-order valence-corrected chi connectivity index (χ4v) is 3.88. The first-order valence-corrected chi connectivity index (χ1v) is 8.78. The number of carbonyl (C=O) groups is 1. The molecule has 2 N–H and O–H groups in total. The van der Waals surface area contributed by atoms with Gasteiger partial charge in [0.2, 0.25) is 0 Å². The lowest BCUT2D eigenvalue weighted by Crippen LogP contribution is -2.44. The zero-order valence-electron chi connectivity index (χ0n) is 13.6. The maximum atomic E-state index is 12.6. The Morgan fingerprint density at radius 1 is 1.17 bits per heavy atom. The number of amides is 2. The van der Waals surface area contributed by atoms with Crippen molar-refractivity contribution < 1.29 is 4.79 Å². The number of urea groups is 1. The summed E-state index contributed by atoms with van der Waals surface area (Å²) in [6.45, 7) is 0.708. The Morgan fingerprint density at radius 2 is 1.96 bits per heavy atom. The van der Waals surface area contributed by atoms with Crippen LogP contribution < -0.4 is 10.9 Å². The van der Waals surface area contributed by atoms with E-state index in [1.54, 1.807) is 6.07 Å². The van der Waals surface area contributed by atoms with Gasteiger partial charge >= 0.3 is 6.03 Å². The van der Waals surface area contributed by atoms with Crippen LogP contribution in [0.15, 0.2) is 29.1 Å². The summed E-state index contributed by atoms with van der Waals surface area (Å²) in [5, 5.41) is 3.72. The van der Waals surface area contributed by atoms with Crippen LogP contribution in [0.3, 0.4) is 0 Å². The number of likely N-dealkylation sites (tertiary alicyclic amines) is 1. The molecule has 2 heterocycles. The molecule has 1 saturated heterocycles. The lowest BCUT2D eigenvalue weighted by Gasteiger charge is -2.26. The van der Waals surface area contributed by atoms with E-state index in [0.29, 0.717) is 29.3 Å². The van der Waals surface area contributed by atoms with Crippen molar-refractivity contribution in [2.75, 3.05) is 6.54 Å². The molecule has 0 bridgehead atoms. The van der Waals surface area contributed by atoms with Gasteiger partial charge in [0, 0.05) is 12.6 Å². The first-order chi connectivity index (χ1) is 11.7. The van der Waals surface area contributed by atoms with E-state index in [2.05, 4.69) is 15.3 Å². The van der Waals surface area contributed by atoms with Gasteiger partial charge < -0.3 is 15.2 Å². The van der Waals surface area contributed by atoms with Crippen LogP contribution in [0.5, 0.6) is 0 Å². The monoisotopic (exact) mass is 326 g/mol. The van der Waals surface area contributed by atoms with E-state index in [1.807, 2.05) is 23.1 Å². The molecule has 0 radical (unpaired) electrons. The van der Waals surface area contributed by atoms with Crippen molar-refractivity contribution in [2.45, 2.75) is 50.6 Å². The standard InChI is InChI=1S/C18H22N4O2/c23-17-13-8-3-4-9-14(13)20-16(21-17)15-10-5-11-22(15)18(24)19-12-6-1-2-7-12/h3-4,8-9,12,15H,1-2,5-7,10-11H2,(H,19,24)(H,20,21,23). The number of aromatic nitrogens is 2. The Morgan fingerprint density at radius 3 is 2.79 bits per heavy atom. The van der Waals surface area contributed by atoms with E-state index in [4.69, 9.17) is 0 Å². The molecule has 2 fully saturated rings. The molecule has 4 rings (SSSR count). The van der Waals surface area contributed by atoms with E-state index in [1.165, 1.54) is 12.8 Å². The van der Waals surface area contributed by atoms with E-state index >= 15 is 0 Å². The fraction of sp³-hybridized carbons (Fsp3) is 0.500. The van der Waals surface area contributed by atoms with Gasteiger partial charge in [-0.3, -0.25) is 4.79 Å². The number of fused-ring (bicyclic) bond motifs is 1. The average molecular weight is 326 g/mol. The van der Waals surface area contributed by atoms with Crippen molar-refractivity contribution in [1.82, 2.24) is 20.2 Å². The summed E-state index contributed by atoms with van der Waals surface area (Å²) < 4.78 is 0. The van der Waals surface area contributed by atoms with Crippen LogP contribution in [0.4, 0.5) is 4.79 Å². The second kappa shape index (κ2) is 6.26. The third-order valence-electron chi connectivity index (χ3n) is 5.14. The average Bonchev–Trinajstić information content (AvgIpc) is 3.26. The molecule has 1 unspecified atom stereocenters. The third-order valence-corrected chi connectivity index (χ3v) is 5.14. The van der Waals surface area contributed by atoms with Gasteiger partial charge in [-0.2, -0.15) is 0 Å². The highest BCUT2D eigenvalue weighted by Crippen LogP contribution is 2.30. The minimum Gasteiger partial charge on any atom is -0.335 e. The number of hydrogen-bond acceptors (Lipinski definition) is 3. The molecule has 6 heteroatoms. The number of carbonyl (C=O) groups excluding carboxylic acids is 1. The summed E-state index contributed by atoms with van der Waals surface area (Å²) in [6, 6.07) is 7.43. The van der Waals surface area contributed by atoms with Crippen molar-refractivity contribution >= 4 is 16.9 Å². The minimum absolute atomic E-state index is 0.0276. The van der Waals surface area contributed by atoms with Crippen LogP contribution in [-0.2, 0) is 0 Å². The van der Waals surface area contributed by atoms with Gasteiger partial charge in [0.15, 0.2) is 0 Å². The van der Waals surface area contributed by atoms with Crippen LogP contribution in [0.25, 0.3) is 10.9 Å². The lowest BCUT2D eigenvalue weighted by molar-refractivity contribution is 0.187. The molecule has 1 aromatic heterocycles. The third kappa shape index (κ3) is 2.77. The van der Waals surface area contributed by atoms with Crippen molar-refractivity contribution in [1.29, 1.82) is 0 Å². The number of benzene rings is 1. The molecule has 2 aliphatic rings. The Balaban J connectivity index is 1.60. The predicted octanol–water partition coefficient (Wildman–Crippen LogP) is 2.71. The van der Waals surface area contributed by atoms with Gasteiger partial charge in [-0.1, -0.05) is 25.0 Å². The second-order valence-electron chi connectivity index (χ2n) is 6.75. The number of nitrogens with one attached hydrogen (secondary N) is 2. The molecule has 24 heavy (non-hydrogen) atoms. The highest BCUT2D eigenvalue weighted by Gasteiger charge is 2.33. The SMILES string of the molecule is O=C(NC1CCCC1)N1CCCC1c1nc2ccccc2c(=O)[nH]1. The smallest absolute Gasteiger partial charge is 0.318 e. The lowest BCUT2D eigenvalue weighted by atomic mass is 10.2. The number of nitrogens with zero attached hydrogens (tertiary/aromatic N) is 2. The Hall–Kier alpha value is -2.37. The second-order valence-corrected chi connectivity index (χ2v) is 6.75. The molecule has 2 aromatic rings. The topological polar surface area (TPSA) is 78.1 Å². The molecule has 126 valence electrons. The van der Waals surface area contributed by atoms with Crippen molar-refractivity contribution in [3.63, 3.8) is 0 Å². The maximum absolute atomic E-state index is 12.6. The summed E-state index contributed by atoms with van der Waals surface area (Å²) in [5.74, 6) is 0.595. The van der Waals surface area contributed by atoms with Crippen LogP contribution in [0.2, 0.25) is 0 Å². The Kier molecular flexibility index (Phi) is 3.96. The summed E-state index contributed by atoms with van der Waals surface area (Å²) in [4.78, 5) is 34.2. The fourth-order valence-electron chi connectivity index (χ4n) is 3.88. The number of H-pyrrole nitrogens is 1. The zero-order valence-corrected chi connectivity index (χ0v) is 13.6. The van der Waals surface area contributed by atoms with Crippen molar-refractivity contribution in [3.8, 4) is 0 Å². The van der Waals surface area contributed by atoms with Crippen LogP contribution in [0, 0.1) is 0 Å². The predicted molar refractivity (Wildman–Crippen MR) is 91.8 cm³/mol.